The van der Waals surface area contributed by atoms with E-state index in [-0.39, 0.29) is 9.87 Å². The molecule has 2 aliphatic heterocycles. The predicted molar refractivity (Wildman–Crippen MR) is 52.3 cm³/mol. The summed E-state index contributed by atoms with van der Waals surface area (Å²) in [6.45, 7) is 1.12. The zero-order chi connectivity index (χ0) is 9.47. The highest BCUT2D eigenvalue weighted by Crippen LogP contribution is 2.31. The van der Waals surface area contributed by atoms with Crippen LogP contribution in [-0.2, 0) is 14.6 Å². The van der Waals surface area contributed by atoms with E-state index in [4.69, 9.17) is 4.74 Å². The van der Waals surface area contributed by atoms with Gasteiger partial charge in [0, 0.05) is 18.7 Å². The van der Waals surface area contributed by atoms with Crippen molar-refractivity contribution in [3.63, 3.8) is 0 Å². The van der Waals surface area contributed by atoms with Crippen molar-refractivity contribution in [1.82, 2.24) is 0 Å². The Balaban J connectivity index is 2.29. The van der Waals surface area contributed by atoms with E-state index in [9.17, 15) is 8.42 Å². The molecule has 2 heterocycles. The molecule has 0 amide bonds. The van der Waals surface area contributed by atoms with Gasteiger partial charge in [0.25, 0.3) is 0 Å². The molecule has 2 rings (SSSR count). The topological polar surface area (TPSA) is 55.7 Å². The molecule has 4 nitrogen and oxygen atoms in total. The molecule has 1 saturated heterocycles. The quantitative estimate of drug-likeness (QED) is 0.712. The zero-order valence-electron chi connectivity index (χ0n) is 6.73. The lowest BCUT2D eigenvalue weighted by Gasteiger charge is -2.07. The van der Waals surface area contributed by atoms with Crippen molar-refractivity contribution in [1.29, 1.82) is 0 Å². The molecule has 6 heteroatoms. The number of nitrogens with zero attached hydrogens (tertiary/aromatic N) is 1. The number of ether oxygens (including phenoxy) is 1. The smallest absolute Gasteiger partial charge is 0.228 e. The lowest BCUT2D eigenvalue weighted by molar-refractivity contribution is 0.191. The van der Waals surface area contributed by atoms with E-state index in [1.807, 2.05) is 0 Å². The third-order valence-corrected chi connectivity index (χ3v) is 5.25. The van der Waals surface area contributed by atoms with E-state index < -0.39 is 9.84 Å². The summed E-state index contributed by atoms with van der Waals surface area (Å²) in [5, 5.41) is 0. The maximum Gasteiger partial charge on any atom is 0.228 e. The van der Waals surface area contributed by atoms with Gasteiger partial charge in [-0.1, -0.05) is 0 Å². The number of aliphatic imine (C=N–C) groups is 1. The second kappa shape index (κ2) is 3.18. The summed E-state index contributed by atoms with van der Waals surface area (Å²) in [6.07, 6.45) is 2.18. The Morgan fingerprint density at radius 3 is 2.85 bits per heavy atom. The van der Waals surface area contributed by atoms with Crippen molar-refractivity contribution < 1.29 is 13.2 Å². The van der Waals surface area contributed by atoms with Crippen molar-refractivity contribution in [2.45, 2.75) is 6.42 Å². The molecule has 0 N–H and O–H groups in total. The second-order valence-electron chi connectivity index (χ2n) is 2.98. The average molecular weight is 266 g/mol. The highest BCUT2D eigenvalue weighted by molar-refractivity contribution is 9.21. The van der Waals surface area contributed by atoms with Crippen LogP contribution in [0.2, 0.25) is 0 Å². The molecular weight excluding hydrogens is 258 g/mol. The van der Waals surface area contributed by atoms with Gasteiger partial charge in [0.2, 0.25) is 13.8 Å². The van der Waals surface area contributed by atoms with Crippen molar-refractivity contribution in [2.24, 2.45) is 10.9 Å². The van der Waals surface area contributed by atoms with E-state index in [0.29, 0.717) is 18.1 Å². The van der Waals surface area contributed by atoms with E-state index in [0.717, 1.165) is 6.42 Å². The summed E-state index contributed by atoms with van der Waals surface area (Å²) >= 11 is 2.92. The van der Waals surface area contributed by atoms with Crippen LogP contribution in [0.3, 0.4) is 0 Å². The number of sulfone groups is 1. The van der Waals surface area contributed by atoms with Crippen LogP contribution in [0.15, 0.2) is 16.1 Å². The van der Waals surface area contributed by atoms with E-state index in [1.165, 1.54) is 6.20 Å². The summed E-state index contributed by atoms with van der Waals surface area (Å²) < 4.78 is 28.3. The van der Waals surface area contributed by atoms with Gasteiger partial charge in [-0.2, -0.15) is 0 Å². The molecule has 0 saturated carbocycles. The van der Waals surface area contributed by atoms with Crippen LogP contribution >= 0.6 is 15.9 Å². The molecule has 0 spiro atoms. The van der Waals surface area contributed by atoms with Gasteiger partial charge in [-0.05, 0) is 22.4 Å². The largest absolute Gasteiger partial charge is 0.381 e. The number of rotatable bonds is 1. The van der Waals surface area contributed by atoms with Crippen LogP contribution in [0.1, 0.15) is 6.42 Å². The van der Waals surface area contributed by atoms with Gasteiger partial charge in [0.1, 0.15) is 0 Å². The molecule has 0 aromatic rings. The Labute approximate surface area is 84.7 Å². The highest BCUT2D eigenvalue weighted by atomic mass is 79.9. The molecule has 0 aliphatic carbocycles. The Morgan fingerprint density at radius 2 is 2.38 bits per heavy atom. The lowest BCUT2D eigenvalue weighted by atomic mass is 10.1. The molecule has 2 aliphatic rings. The first-order valence-electron chi connectivity index (χ1n) is 3.88. The van der Waals surface area contributed by atoms with Crippen LogP contribution in [-0.4, -0.2) is 25.6 Å². The maximum absolute atomic E-state index is 11.6. The van der Waals surface area contributed by atoms with E-state index in [2.05, 4.69) is 20.9 Å². The normalized spacial score (nSPS) is 31.6. The Hall–Kier alpha value is -0.200. The number of halogens is 1. The van der Waals surface area contributed by atoms with Crippen molar-refractivity contribution in [3.8, 4) is 0 Å². The standard InChI is InChI=1S/C7H8BrNO3S/c8-7-9-3-6(13(7,10)11)5-1-2-12-4-5/h3,5H,1-2,4H2. The Morgan fingerprint density at radius 1 is 1.62 bits per heavy atom. The van der Waals surface area contributed by atoms with Gasteiger partial charge in [-0.3, -0.25) is 0 Å². The van der Waals surface area contributed by atoms with Gasteiger partial charge >= 0.3 is 0 Å². The van der Waals surface area contributed by atoms with E-state index in [1.54, 1.807) is 0 Å². The zero-order valence-corrected chi connectivity index (χ0v) is 9.14. The molecule has 1 unspecified atom stereocenters. The Kier molecular flexibility index (Phi) is 2.29. The van der Waals surface area contributed by atoms with Gasteiger partial charge in [-0.25, -0.2) is 13.4 Å². The number of hydrogen-bond donors (Lipinski definition) is 0. The molecule has 13 heavy (non-hydrogen) atoms. The summed E-state index contributed by atoms with van der Waals surface area (Å²) in [4.78, 5) is 4.13. The summed E-state index contributed by atoms with van der Waals surface area (Å²) in [5.74, 6) is -0.0104. The molecule has 0 radical (unpaired) electrons. The van der Waals surface area contributed by atoms with Gasteiger partial charge in [-0.15, -0.1) is 0 Å². The Bertz CT molecular complexity index is 379. The maximum atomic E-state index is 11.6. The van der Waals surface area contributed by atoms with Crippen LogP contribution in [0.4, 0.5) is 0 Å². The fourth-order valence-corrected chi connectivity index (χ4v) is 3.30. The third kappa shape index (κ3) is 1.47. The molecule has 1 atom stereocenters. The second-order valence-corrected chi connectivity index (χ2v) is 6.12. The average Bonchev–Trinajstić information content (AvgIpc) is 2.62. The van der Waals surface area contributed by atoms with Crippen LogP contribution in [0.5, 0.6) is 0 Å². The first-order valence-corrected chi connectivity index (χ1v) is 6.16. The first-order chi connectivity index (χ1) is 6.12. The molecular formula is C7H8BrNO3S. The summed E-state index contributed by atoms with van der Waals surface area (Å²) in [6, 6.07) is 0. The minimum atomic E-state index is -3.30. The monoisotopic (exact) mass is 265 g/mol. The van der Waals surface area contributed by atoms with Crippen LogP contribution in [0, 0.1) is 5.92 Å². The molecule has 0 aromatic heterocycles. The third-order valence-electron chi connectivity index (χ3n) is 2.16. The molecule has 72 valence electrons. The minimum Gasteiger partial charge on any atom is -0.381 e. The van der Waals surface area contributed by atoms with E-state index >= 15 is 0 Å². The fourth-order valence-electron chi connectivity index (χ4n) is 1.43. The predicted octanol–water partition coefficient (Wildman–Crippen LogP) is 1.04. The fraction of sp³-hybridized carbons (Fsp3) is 0.571. The highest BCUT2D eigenvalue weighted by Gasteiger charge is 2.35. The molecule has 0 aromatic carbocycles. The molecule has 0 bridgehead atoms. The van der Waals surface area contributed by atoms with Crippen LogP contribution in [0.25, 0.3) is 0 Å². The summed E-state index contributed by atoms with van der Waals surface area (Å²) in [5.41, 5.74) is 0. The van der Waals surface area contributed by atoms with Crippen molar-refractivity contribution in [2.75, 3.05) is 13.2 Å². The van der Waals surface area contributed by atoms with Crippen molar-refractivity contribution >= 4 is 29.7 Å². The SMILES string of the molecule is O=S1(=O)C(C2CCOC2)=CN=C1Br. The van der Waals surface area contributed by atoms with Gasteiger partial charge in [0.15, 0.2) is 0 Å². The first kappa shape index (κ1) is 9.36. The minimum absolute atomic E-state index is 0.0104. The lowest BCUT2D eigenvalue weighted by Crippen LogP contribution is -2.14. The van der Waals surface area contributed by atoms with Gasteiger partial charge in [0.05, 0.1) is 11.5 Å². The van der Waals surface area contributed by atoms with Crippen LogP contribution < -0.4 is 0 Å². The molecule has 1 fully saturated rings. The summed E-state index contributed by atoms with van der Waals surface area (Å²) in [7, 11) is -3.30. The number of hydrogen-bond acceptors (Lipinski definition) is 4. The van der Waals surface area contributed by atoms with Crippen molar-refractivity contribution in [3.05, 3.63) is 11.1 Å². The van der Waals surface area contributed by atoms with Gasteiger partial charge < -0.3 is 4.74 Å².